The van der Waals surface area contributed by atoms with E-state index in [1.54, 1.807) is 6.33 Å². The molecule has 1 fully saturated rings. The molecule has 0 radical (unpaired) electrons. The van der Waals surface area contributed by atoms with Crippen LogP contribution in [-0.2, 0) is 19.5 Å². The van der Waals surface area contributed by atoms with E-state index in [1.165, 1.54) is 5.56 Å². The second-order valence-corrected chi connectivity index (χ2v) is 7.18. The highest BCUT2D eigenvalue weighted by molar-refractivity contribution is 5.38. The van der Waals surface area contributed by atoms with Gasteiger partial charge < -0.3 is 15.6 Å². The van der Waals surface area contributed by atoms with Gasteiger partial charge >= 0.3 is 0 Å². The molecule has 3 N–H and O–H groups in total. The van der Waals surface area contributed by atoms with Gasteiger partial charge in [0.2, 0.25) is 0 Å². The van der Waals surface area contributed by atoms with Gasteiger partial charge in [0.1, 0.15) is 18.0 Å². The Morgan fingerprint density at radius 2 is 2.00 bits per heavy atom. The van der Waals surface area contributed by atoms with Crippen molar-refractivity contribution < 1.29 is 0 Å². The van der Waals surface area contributed by atoms with E-state index in [2.05, 4.69) is 54.3 Å². The first-order valence-electron chi connectivity index (χ1n) is 9.43. The summed E-state index contributed by atoms with van der Waals surface area (Å²) < 4.78 is 2.08. The monoisotopic (exact) mass is 363 g/mol. The lowest BCUT2D eigenvalue weighted by atomic mass is 9.78. The fourth-order valence-corrected chi connectivity index (χ4v) is 3.46. The van der Waals surface area contributed by atoms with Crippen molar-refractivity contribution in [2.45, 2.75) is 51.2 Å². The minimum atomic E-state index is 0.310. The fourth-order valence-electron chi connectivity index (χ4n) is 3.46. The van der Waals surface area contributed by atoms with Crippen molar-refractivity contribution in [2.75, 3.05) is 5.32 Å². The Kier molecular flexibility index (Phi) is 5.11. The van der Waals surface area contributed by atoms with Gasteiger partial charge in [0, 0.05) is 30.3 Å². The van der Waals surface area contributed by atoms with Crippen molar-refractivity contribution in [3.05, 3.63) is 65.6 Å². The first-order valence-corrected chi connectivity index (χ1v) is 9.43. The molecule has 7 nitrogen and oxygen atoms in total. The first kappa shape index (κ1) is 17.6. The molecule has 0 unspecified atom stereocenters. The Morgan fingerprint density at radius 1 is 1.19 bits per heavy atom. The van der Waals surface area contributed by atoms with Crippen LogP contribution < -0.4 is 11.1 Å². The number of hydrogen-bond donors (Lipinski definition) is 2. The minimum Gasteiger partial charge on any atom is -0.363 e. The third kappa shape index (κ3) is 4.31. The molecule has 27 heavy (non-hydrogen) atoms. The summed E-state index contributed by atoms with van der Waals surface area (Å²) in [7, 11) is 0. The molecule has 140 valence electrons. The number of rotatable bonds is 7. The van der Waals surface area contributed by atoms with Gasteiger partial charge in [0.05, 0.1) is 6.54 Å². The summed E-state index contributed by atoms with van der Waals surface area (Å²) >= 11 is 0. The van der Waals surface area contributed by atoms with E-state index < -0.39 is 0 Å². The van der Waals surface area contributed by atoms with Gasteiger partial charge in [0.15, 0.2) is 5.82 Å². The predicted molar refractivity (Wildman–Crippen MR) is 104 cm³/mol. The summed E-state index contributed by atoms with van der Waals surface area (Å²) in [5.74, 6) is 2.96. The molecule has 2 aromatic heterocycles. The second kappa shape index (κ2) is 7.84. The minimum absolute atomic E-state index is 0.310. The lowest BCUT2D eigenvalue weighted by molar-refractivity contribution is 0.344. The van der Waals surface area contributed by atoms with Crippen LogP contribution in [0.1, 0.15) is 41.7 Å². The Morgan fingerprint density at radius 3 is 2.78 bits per heavy atom. The summed E-state index contributed by atoms with van der Waals surface area (Å²) in [5, 5.41) is 11.7. The van der Waals surface area contributed by atoms with Crippen molar-refractivity contribution in [2.24, 2.45) is 5.73 Å². The van der Waals surface area contributed by atoms with Crippen LogP contribution in [-0.4, -0.2) is 30.8 Å². The number of aryl methyl sites for hydroxylation is 3. The van der Waals surface area contributed by atoms with Gasteiger partial charge in [0.25, 0.3) is 0 Å². The summed E-state index contributed by atoms with van der Waals surface area (Å²) in [6, 6.07) is 12.8. The van der Waals surface area contributed by atoms with Gasteiger partial charge in [-0.1, -0.05) is 30.3 Å². The van der Waals surface area contributed by atoms with Crippen LogP contribution in [0.25, 0.3) is 0 Å². The molecule has 0 atom stereocenters. The van der Waals surface area contributed by atoms with Crippen LogP contribution in [0.2, 0.25) is 0 Å². The van der Waals surface area contributed by atoms with Crippen molar-refractivity contribution >= 4 is 5.82 Å². The number of nitrogens with zero attached hydrogens (tertiary/aromatic N) is 5. The molecule has 4 rings (SSSR count). The topological polar surface area (TPSA) is 94.5 Å². The van der Waals surface area contributed by atoms with Crippen molar-refractivity contribution in [1.29, 1.82) is 0 Å². The van der Waals surface area contributed by atoms with Crippen LogP contribution in [0.3, 0.4) is 0 Å². The van der Waals surface area contributed by atoms with E-state index in [0.29, 0.717) is 18.5 Å². The van der Waals surface area contributed by atoms with Crippen LogP contribution >= 0.6 is 0 Å². The molecular formula is C20H25N7. The van der Waals surface area contributed by atoms with Crippen molar-refractivity contribution in [3.8, 4) is 0 Å². The van der Waals surface area contributed by atoms with Gasteiger partial charge in [-0.15, -0.1) is 10.2 Å². The maximum absolute atomic E-state index is 5.92. The average Bonchev–Trinajstić information content (AvgIpc) is 3.10. The van der Waals surface area contributed by atoms with E-state index in [9.17, 15) is 0 Å². The zero-order valence-corrected chi connectivity index (χ0v) is 15.5. The molecule has 1 aromatic carbocycles. The molecule has 3 aromatic rings. The van der Waals surface area contributed by atoms with Crippen molar-refractivity contribution in [1.82, 2.24) is 24.7 Å². The van der Waals surface area contributed by atoms with E-state index in [1.807, 2.05) is 19.1 Å². The van der Waals surface area contributed by atoms with Gasteiger partial charge in [-0.05, 0) is 31.7 Å². The summed E-state index contributed by atoms with van der Waals surface area (Å²) in [5.41, 5.74) is 8.30. The van der Waals surface area contributed by atoms with Gasteiger partial charge in [-0.3, -0.25) is 0 Å². The Labute approximate surface area is 159 Å². The first-order chi connectivity index (χ1) is 13.2. The zero-order valence-electron chi connectivity index (χ0n) is 15.5. The number of hydrogen-bond acceptors (Lipinski definition) is 6. The molecular weight excluding hydrogens is 338 g/mol. The quantitative estimate of drug-likeness (QED) is 0.669. The highest BCUT2D eigenvalue weighted by Crippen LogP contribution is 2.35. The molecule has 0 bridgehead atoms. The summed E-state index contributed by atoms with van der Waals surface area (Å²) in [6.45, 7) is 3.35. The number of anilines is 1. The molecule has 2 heterocycles. The molecule has 7 heteroatoms. The smallest absolute Gasteiger partial charge is 0.152 e. The molecule has 0 saturated heterocycles. The van der Waals surface area contributed by atoms with Gasteiger partial charge in [-0.2, -0.15) is 0 Å². The molecule has 1 aliphatic carbocycles. The van der Waals surface area contributed by atoms with Crippen molar-refractivity contribution in [3.63, 3.8) is 0 Å². The summed E-state index contributed by atoms with van der Waals surface area (Å²) in [6.07, 6.45) is 4.74. The summed E-state index contributed by atoms with van der Waals surface area (Å²) in [4.78, 5) is 9.08. The number of aromatic nitrogens is 5. The highest BCUT2D eigenvalue weighted by atomic mass is 15.3. The van der Waals surface area contributed by atoms with Crippen LogP contribution in [0.15, 0.2) is 42.7 Å². The zero-order chi connectivity index (χ0) is 18.6. The molecule has 0 aliphatic heterocycles. The maximum Gasteiger partial charge on any atom is 0.152 e. The number of benzene rings is 1. The number of nitrogens with one attached hydrogen (secondary N) is 1. The molecule has 0 amide bonds. The number of nitrogens with two attached hydrogens (primary N) is 1. The second-order valence-electron chi connectivity index (χ2n) is 7.18. The SMILES string of the molecule is Cc1nc(NCc2nncn2CCc2ccccc2)cc(C2CC(N)C2)n1. The largest absolute Gasteiger partial charge is 0.363 e. The lowest BCUT2D eigenvalue weighted by Crippen LogP contribution is -2.35. The molecule has 1 aliphatic rings. The Hall–Kier alpha value is -2.80. The molecule has 1 saturated carbocycles. The standard InChI is InChI=1S/C20H25N7/c1-14-24-18(16-9-17(21)10-16)11-19(25-14)22-12-20-26-23-13-27(20)8-7-15-5-3-2-4-6-15/h2-6,11,13,16-17H,7-10,12,21H2,1H3,(H,22,24,25). The molecule has 0 spiro atoms. The van der Waals surface area contributed by atoms with E-state index >= 15 is 0 Å². The van der Waals surface area contributed by atoms with Crippen LogP contribution in [0.5, 0.6) is 0 Å². The lowest BCUT2D eigenvalue weighted by Gasteiger charge is -2.32. The Bertz CT molecular complexity index is 884. The maximum atomic E-state index is 5.92. The van der Waals surface area contributed by atoms with Gasteiger partial charge in [-0.25, -0.2) is 9.97 Å². The third-order valence-corrected chi connectivity index (χ3v) is 5.06. The predicted octanol–water partition coefficient (Wildman–Crippen LogP) is 2.44. The van der Waals surface area contributed by atoms with E-state index in [4.69, 9.17) is 5.73 Å². The average molecular weight is 363 g/mol. The van der Waals surface area contributed by atoms with Crippen LogP contribution in [0.4, 0.5) is 5.82 Å². The normalized spacial score (nSPS) is 18.9. The third-order valence-electron chi connectivity index (χ3n) is 5.06. The highest BCUT2D eigenvalue weighted by Gasteiger charge is 2.28. The fraction of sp³-hybridized carbons (Fsp3) is 0.400. The van der Waals surface area contributed by atoms with E-state index in [0.717, 1.165) is 49.0 Å². The van der Waals surface area contributed by atoms with E-state index in [-0.39, 0.29) is 0 Å². The van der Waals surface area contributed by atoms with Crippen LogP contribution in [0, 0.1) is 6.92 Å². The Balaban J connectivity index is 1.39.